The highest BCUT2D eigenvalue weighted by Gasteiger charge is 2.24. The van der Waals surface area contributed by atoms with E-state index in [0.29, 0.717) is 23.7 Å². The van der Waals surface area contributed by atoms with E-state index in [1.165, 1.54) is 18.4 Å². The van der Waals surface area contributed by atoms with E-state index in [0.717, 1.165) is 13.1 Å². The molecule has 2 N–H and O–H groups in total. The molecule has 0 unspecified atom stereocenters. The summed E-state index contributed by atoms with van der Waals surface area (Å²) in [6.07, 6.45) is 2.45. The Hall–Kier alpha value is -2.25. The zero-order valence-electron chi connectivity index (χ0n) is 13.9. The largest absolute Gasteiger partial charge is 0.454 e. The van der Waals surface area contributed by atoms with Gasteiger partial charge in [-0.3, -0.25) is 4.90 Å². The van der Waals surface area contributed by atoms with E-state index >= 15 is 0 Å². The van der Waals surface area contributed by atoms with Gasteiger partial charge in [0, 0.05) is 18.3 Å². The molecule has 2 aromatic rings. The maximum absolute atomic E-state index is 12.3. The van der Waals surface area contributed by atoms with Gasteiger partial charge >= 0.3 is 6.03 Å². The number of hydrogen-bond donors (Lipinski definition) is 2. The molecule has 1 fully saturated rings. The van der Waals surface area contributed by atoms with Gasteiger partial charge in [0.2, 0.25) is 6.79 Å². The average molecular weight is 359 g/mol. The van der Waals surface area contributed by atoms with Gasteiger partial charge in [0.25, 0.3) is 0 Å². The molecule has 1 aromatic carbocycles. The zero-order valence-corrected chi connectivity index (χ0v) is 14.7. The smallest absolute Gasteiger partial charge is 0.319 e. The lowest BCUT2D eigenvalue weighted by atomic mass is 10.1. The van der Waals surface area contributed by atoms with E-state index in [1.54, 1.807) is 23.5 Å². The summed E-state index contributed by atoms with van der Waals surface area (Å²) in [7, 11) is 0. The van der Waals surface area contributed by atoms with Crippen LogP contribution >= 0.6 is 11.3 Å². The van der Waals surface area contributed by atoms with Crippen molar-refractivity contribution in [1.29, 1.82) is 0 Å². The molecule has 2 aliphatic heterocycles. The fourth-order valence-corrected chi connectivity index (χ4v) is 4.02. The third-order valence-corrected chi connectivity index (χ3v) is 5.30. The highest BCUT2D eigenvalue weighted by atomic mass is 32.1. The van der Waals surface area contributed by atoms with Crippen LogP contribution in [0, 0.1) is 0 Å². The van der Waals surface area contributed by atoms with Crippen molar-refractivity contribution in [3.8, 4) is 11.5 Å². The second-order valence-corrected chi connectivity index (χ2v) is 7.00. The van der Waals surface area contributed by atoms with Crippen LogP contribution in [-0.2, 0) is 0 Å². The lowest BCUT2D eigenvalue weighted by Gasteiger charge is -2.27. The Morgan fingerprint density at radius 2 is 2.04 bits per heavy atom. The molecular formula is C18H21N3O3S. The number of amides is 2. The predicted octanol–water partition coefficient (Wildman–Crippen LogP) is 3.44. The third kappa shape index (κ3) is 3.72. The van der Waals surface area contributed by atoms with Crippen LogP contribution in [0.5, 0.6) is 11.5 Å². The van der Waals surface area contributed by atoms with E-state index in [1.807, 2.05) is 6.07 Å². The summed E-state index contributed by atoms with van der Waals surface area (Å²) in [5, 5.41) is 10.1. The van der Waals surface area contributed by atoms with Crippen molar-refractivity contribution in [2.45, 2.75) is 18.9 Å². The molecule has 0 aliphatic carbocycles. The molecule has 1 atom stereocenters. The van der Waals surface area contributed by atoms with Gasteiger partial charge in [0.05, 0.1) is 6.04 Å². The third-order valence-electron chi connectivity index (χ3n) is 4.60. The van der Waals surface area contributed by atoms with E-state index in [9.17, 15) is 4.79 Å². The summed E-state index contributed by atoms with van der Waals surface area (Å²) >= 11 is 1.69. The number of likely N-dealkylation sites (tertiary alicyclic amines) is 1. The second kappa shape index (κ2) is 7.33. The number of urea groups is 1. The number of nitrogens with zero attached hydrogens (tertiary/aromatic N) is 1. The lowest BCUT2D eigenvalue weighted by Crippen LogP contribution is -2.38. The highest BCUT2D eigenvalue weighted by molar-refractivity contribution is 7.07. The van der Waals surface area contributed by atoms with E-state index in [-0.39, 0.29) is 18.9 Å². The molecule has 132 valence electrons. The number of fused-ring (bicyclic) bond motifs is 1. The van der Waals surface area contributed by atoms with Crippen LogP contribution in [-0.4, -0.2) is 37.4 Å². The van der Waals surface area contributed by atoms with Crippen molar-refractivity contribution in [1.82, 2.24) is 10.2 Å². The average Bonchev–Trinajstić information content (AvgIpc) is 3.37. The van der Waals surface area contributed by atoms with Crippen LogP contribution in [0.15, 0.2) is 35.0 Å². The number of hydrogen-bond acceptors (Lipinski definition) is 5. The molecule has 1 aromatic heterocycles. The lowest BCUT2D eigenvalue weighted by molar-refractivity contribution is 0.174. The minimum atomic E-state index is -0.210. The Morgan fingerprint density at radius 3 is 2.84 bits per heavy atom. The fraction of sp³-hybridized carbons (Fsp3) is 0.389. The van der Waals surface area contributed by atoms with Crippen LogP contribution < -0.4 is 20.1 Å². The molecule has 0 spiro atoms. The minimum Gasteiger partial charge on any atom is -0.454 e. The van der Waals surface area contributed by atoms with E-state index in [2.05, 4.69) is 32.4 Å². The maximum Gasteiger partial charge on any atom is 0.319 e. The molecular weight excluding hydrogens is 338 g/mol. The van der Waals surface area contributed by atoms with Crippen molar-refractivity contribution in [3.05, 3.63) is 40.6 Å². The van der Waals surface area contributed by atoms with Crippen LogP contribution in [0.2, 0.25) is 0 Å². The van der Waals surface area contributed by atoms with Gasteiger partial charge in [-0.2, -0.15) is 11.3 Å². The Balaban J connectivity index is 1.36. The number of thiophene rings is 1. The molecule has 2 aliphatic rings. The predicted molar refractivity (Wildman–Crippen MR) is 97.5 cm³/mol. The number of carbonyl (C=O) groups is 1. The SMILES string of the molecule is O=C(NC[C@H](c1ccsc1)N1CCCC1)Nc1ccc2c(c1)OCO2. The van der Waals surface area contributed by atoms with Crippen LogP contribution in [0.3, 0.4) is 0 Å². The number of anilines is 1. The van der Waals surface area contributed by atoms with Gasteiger partial charge in [-0.15, -0.1) is 0 Å². The standard InChI is InChI=1S/C18H21N3O3S/c22-18(20-14-3-4-16-17(9-14)24-12-23-16)19-10-15(13-5-8-25-11-13)21-6-1-2-7-21/h3-5,8-9,11,15H,1-2,6-7,10,12H2,(H2,19,20,22)/t15-/m1/s1. The first-order chi connectivity index (χ1) is 12.3. The molecule has 3 heterocycles. The van der Waals surface area contributed by atoms with Gasteiger partial charge in [-0.25, -0.2) is 4.79 Å². The molecule has 6 nitrogen and oxygen atoms in total. The molecule has 7 heteroatoms. The Kier molecular flexibility index (Phi) is 4.76. The topological polar surface area (TPSA) is 62.8 Å². The van der Waals surface area contributed by atoms with Gasteiger partial charge in [-0.1, -0.05) is 0 Å². The Labute approximate surface area is 150 Å². The van der Waals surface area contributed by atoms with Crippen LogP contribution in [0.25, 0.3) is 0 Å². The normalized spacial score (nSPS) is 17.4. The molecule has 25 heavy (non-hydrogen) atoms. The minimum absolute atomic E-state index is 0.210. The van der Waals surface area contributed by atoms with E-state index < -0.39 is 0 Å². The van der Waals surface area contributed by atoms with Crippen molar-refractivity contribution < 1.29 is 14.3 Å². The Morgan fingerprint density at radius 1 is 1.20 bits per heavy atom. The summed E-state index contributed by atoms with van der Waals surface area (Å²) in [6, 6.07) is 7.55. The number of ether oxygens (including phenoxy) is 2. The first-order valence-corrected chi connectivity index (χ1v) is 9.44. The van der Waals surface area contributed by atoms with Gasteiger partial charge in [0.15, 0.2) is 11.5 Å². The summed E-state index contributed by atoms with van der Waals surface area (Å²) in [5.74, 6) is 1.36. The molecule has 4 rings (SSSR count). The fourth-order valence-electron chi connectivity index (χ4n) is 3.31. The van der Waals surface area contributed by atoms with Crippen molar-refractivity contribution in [3.63, 3.8) is 0 Å². The first kappa shape index (κ1) is 16.2. The molecule has 0 saturated carbocycles. The summed E-state index contributed by atoms with van der Waals surface area (Å²) in [4.78, 5) is 14.7. The number of benzene rings is 1. The first-order valence-electron chi connectivity index (χ1n) is 8.50. The molecule has 1 saturated heterocycles. The monoisotopic (exact) mass is 359 g/mol. The zero-order chi connectivity index (χ0) is 17.1. The van der Waals surface area contributed by atoms with Crippen LogP contribution in [0.4, 0.5) is 10.5 Å². The molecule has 0 radical (unpaired) electrons. The number of rotatable bonds is 5. The second-order valence-electron chi connectivity index (χ2n) is 6.22. The van der Waals surface area contributed by atoms with Crippen molar-refractivity contribution in [2.24, 2.45) is 0 Å². The van der Waals surface area contributed by atoms with Crippen LogP contribution in [0.1, 0.15) is 24.4 Å². The quantitative estimate of drug-likeness (QED) is 0.858. The summed E-state index contributed by atoms with van der Waals surface area (Å²) in [5.41, 5.74) is 1.96. The maximum atomic E-state index is 12.3. The summed E-state index contributed by atoms with van der Waals surface area (Å²) in [6.45, 7) is 2.99. The molecule has 2 amide bonds. The van der Waals surface area contributed by atoms with Crippen molar-refractivity contribution in [2.75, 3.05) is 31.7 Å². The van der Waals surface area contributed by atoms with Gasteiger partial charge < -0.3 is 20.1 Å². The van der Waals surface area contributed by atoms with Gasteiger partial charge in [0.1, 0.15) is 0 Å². The van der Waals surface area contributed by atoms with Crippen molar-refractivity contribution >= 4 is 23.1 Å². The number of nitrogens with one attached hydrogen (secondary N) is 2. The van der Waals surface area contributed by atoms with Gasteiger partial charge in [-0.05, 0) is 60.5 Å². The summed E-state index contributed by atoms with van der Waals surface area (Å²) < 4.78 is 10.6. The Bertz CT molecular complexity index is 729. The highest BCUT2D eigenvalue weighted by Crippen LogP contribution is 2.34. The van der Waals surface area contributed by atoms with E-state index in [4.69, 9.17) is 9.47 Å². The number of carbonyl (C=O) groups excluding carboxylic acids is 1. The molecule has 0 bridgehead atoms.